The number of benzene rings is 2. The number of amides is 1. The number of rotatable bonds is 4. The first-order valence-corrected chi connectivity index (χ1v) is 10.7. The maximum atomic E-state index is 15.1. The van der Waals surface area contributed by atoms with Gasteiger partial charge in [0.25, 0.3) is 0 Å². The molecule has 2 aromatic carbocycles. The second-order valence-electron chi connectivity index (χ2n) is 8.10. The molecular weight excluding hydrogens is 395 g/mol. The minimum atomic E-state index is -0.286. The number of aromatic nitrogens is 1. The Hall–Kier alpha value is -3.19. The predicted molar refractivity (Wildman–Crippen MR) is 119 cm³/mol. The van der Waals surface area contributed by atoms with Crippen LogP contribution >= 0.6 is 0 Å². The molecule has 2 aliphatic heterocycles. The molecule has 1 unspecified atom stereocenters. The third-order valence-corrected chi connectivity index (χ3v) is 6.30. The van der Waals surface area contributed by atoms with Gasteiger partial charge in [-0.15, -0.1) is 0 Å². The lowest BCUT2D eigenvalue weighted by Gasteiger charge is -2.29. The van der Waals surface area contributed by atoms with Crippen LogP contribution in [0.3, 0.4) is 0 Å². The number of anilines is 2. The van der Waals surface area contributed by atoms with Crippen molar-refractivity contribution in [2.24, 2.45) is 0 Å². The van der Waals surface area contributed by atoms with E-state index in [0.29, 0.717) is 31.1 Å². The van der Waals surface area contributed by atoms with E-state index in [1.807, 2.05) is 30.3 Å². The Balaban J connectivity index is 1.61. The van der Waals surface area contributed by atoms with Crippen LogP contribution in [0.4, 0.5) is 15.9 Å². The number of fused-ring (bicyclic) bond motifs is 1. The number of morpholine rings is 1. The summed E-state index contributed by atoms with van der Waals surface area (Å²) in [5.41, 5.74) is 10.1. The fourth-order valence-electron chi connectivity index (χ4n) is 4.77. The molecule has 6 nitrogen and oxygen atoms in total. The highest BCUT2D eigenvalue weighted by Crippen LogP contribution is 2.39. The zero-order valence-electron chi connectivity index (χ0n) is 17.3. The number of halogens is 1. The van der Waals surface area contributed by atoms with Crippen LogP contribution < -0.4 is 10.6 Å². The van der Waals surface area contributed by atoms with E-state index >= 15 is 4.39 Å². The number of nitrogen functional groups attached to an aromatic ring is 1. The Labute approximate surface area is 180 Å². The monoisotopic (exact) mass is 420 g/mol. The molecule has 3 aromatic rings. The van der Waals surface area contributed by atoms with E-state index in [-0.39, 0.29) is 11.9 Å². The second kappa shape index (κ2) is 8.15. The first-order chi connectivity index (χ1) is 15.2. The lowest BCUT2D eigenvalue weighted by atomic mass is 9.92. The molecule has 3 heterocycles. The van der Waals surface area contributed by atoms with Gasteiger partial charge in [0, 0.05) is 30.6 Å². The zero-order valence-corrected chi connectivity index (χ0v) is 17.3. The molecule has 0 aliphatic carbocycles. The number of carbonyl (C=O) groups is 1. The van der Waals surface area contributed by atoms with Crippen LogP contribution in [0.1, 0.15) is 24.4 Å². The van der Waals surface area contributed by atoms with Crippen molar-refractivity contribution in [3.8, 4) is 11.1 Å². The minimum absolute atomic E-state index is 0.104. The number of likely N-dealkylation sites (tertiary alicyclic amines) is 1. The molecule has 1 amide bonds. The highest BCUT2D eigenvalue weighted by Gasteiger charge is 2.28. The fraction of sp³-hybridized carbons (Fsp3) is 0.333. The second-order valence-corrected chi connectivity index (χ2v) is 8.10. The molecule has 0 radical (unpaired) electrons. The quantitative estimate of drug-likeness (QED) is 0.651. The van der Waals surface area contributed by atoms with Crippen LogP contribution in [0.2, 0.25) is 0 Å². The maximum absolute atomic E-state index is 15.1. The molecule has 2 fully saturated rings. The van der Waals surface area contributed by atoms with Gasteiger partial charge in [-0.3, -0.25) is 4.79 Å². The summed E-state index contributed by atoms with van der Waals surface area (Å²) in [5.74, 6) is 0.202. The van der Waals surface area contributed by atoms with Gasteiger partial charge >= 0.3 is 0 Å². The van der Waals surface area contributed by atoms with Crippen molar-refractivity contribution in [1.29, 1.82) is 0 Å². The van der Waals surface area contributed by atoms with Crippen LogP contribution in [0.25, 0.3) is 22.0 Å². The van der Waals surface area contributed by atoms with Crippen LogP contribution in [0, 0.1) is 5.82 Å². The first-order valence-electron chi connectivity index (χ1n) is 10.7. The normalized spacial score (nSPS) is 19.2. The van der Waals surface area contributed by atoms with Crippen LogP contribution in [0.15, 0.2) is 42.5 Å². The van der Waals surface area contributed by atoms with Gasteiger partial charge in [0.05, 0.1) is 30.5 Å². The fourth-order valence-corrected chi connectivity index (χ4v) is 4.77. The van der Waals surface area contributed by atoms with Crippen LogP contribution in [-0.2, 0) is 9.53 Å². The smallest absolute Gasteiger partial charge is 0.210 e. The van der Waals surface area contributed by atoms with Gasteiger partial charge in [0.2, 0.25) is 6.41 Å². The average Bonchev–Trinajstić information content (AvgIpc) is 3.27. The first kappa shape index (κ1) is 19.8. The van der Waals surface area contributed by atoms with Crippen LogP contribution in [-0.4, -0.2) is 49.1 Å². The van der Waals surface area contributed by atoms with Crippen molar-refractivity contribution in [2.45, 2.75) is 18.9 Å². The van der Waals surface area contributed by atoms with E-state index in [0.717, 1.165) is 60.1 Å². The summed E-state index contributed by atoms with van der Waals surface area (Å²) in [6.07, 6.45) is 2.62. The zero-order chi connectivity index (χ0) is 21.4. The average molecular weight is 420 g/mol. The molecule has 31 heavy (non-hydrogen) atoms. The standard InChI is InChI=1S/C24H25FN4O2/c25-19-4-1-3-18(21-5-2-8-29(21)15-30)23(19)16-6-7-20-17(13-16)14-22(24(26)27-20)28-9-11-31-12-10-28/h1,3-4,6-7,13-15,21H,2,5,8-12H2,(H2,26,27). The molecule has 2 N–H and O–H groups in total. The van der Waals surface area contributed by atoms with Gasteiger partial charge in [-0.1, -0.05) is 18.2 Å². The summed E-state index contributed by atoms with van der Waals surface area (Å²) >= 11 is 0. The summed E-state index contributed by atoms with van der Waals surface area (Å²) < 4.78 is 20.5. The van der Waals surface area contributed by atoms with Crippen molar-refractivity contribution in [3.63, 3.8) is 0 Å². The van der Waals surface area contributed by atoms with Gasteiger partial charge < -0.3 is 20.3 Å². The summed E-state index contributed by atoms with van der Waals surface area (Å²) in [7, 11) is 0. The molecular formula is C24H25FN4O2. The predicted octanol–water partition coefficient (Wildman–Crippen LogP) is 3.75. The molecule has 2 saturated heterocycles. The number of carbonyl (C=O) groups excluding carboxylic acids is 1. The van der Waals surface area contributed by atoms with Crippen molar-refractivity contribution < 1.29 is 13.9 Å². The Morgan fingerprint density at radius 2 is 1.97 bits per heavy atom. The van der Waals surface area contributed by atoms with E-state index in [1.54, 1.807) is 11.0 Å². The lowest BCUT2D eigenvalue weighted by molar-refractivity contribution is -0.118. The Morgan fingerprint density at radius 1 is 1.13 bits per heavy atom. The number of nitrogens with zero attached hydrogens (tertiary/aromatic N) is 3. The summed E-state index contributed by atoms with van der Waals surface area (Å²) in [4.78, 5) is 20.0. The maximum Gasteiger partial charge on any atom is 0.210 e. The molecule has 1 atom stereocenters. The van der Waals surface area contributed by atoms with Crippen molar-refractivity contribution in [2.75, 3.05) is 43.5 Å². The third kappa shape index (κ3) is 3.59. The largest absolute Gasteiger partial charge is 0.382 e. The SMILES string of the molecule is Nc1nc2ccc(-c3c(F)cccc3C3CCCN3C=O)cc2cc1N1CCOCC1. The number of pyridine rings is 1. The van der Waals surface area contributed by atoms with E-state index in [9.17, 15) is 4.79 Å². The van der Waals surface area contributed by atoms with Crippen LogP contribution in [0.5, 0.6) is 0 Å². The molecule has 1 aromatic heterocycles. The van der Waals surface area contributed by atoms with E-state index in [1.165, 1.54) is 6.07 Å². The number of hydrogen-bond donors (Lipinski definition) is 1. The van der Waals surface area contributed by atoms with E-state index in [4.69, 9.17) is 10.5 Å². The van der Waals surface area contributed by atoms with Gasteiger partial charge in [-0.2, -0.15) is 0 Å². The Bertz CT molecular complexity index is 1130. The highest BCUT2D eigenvalue weighted by molar-refractivity contribution is 5.90. The molecule has 0 bridgehead atoms. The van der Waals surface area contributed by atoms with E-state index < -0.39 is 0 Å². The van der Waals surface area contributed by atoms with Crippen molar-refractivity contribution >= 4 is 28.8 Å². The molecule has 5 rings (SSSR count). The molecule has 0 saturated carbocycles. The number of ether oxygens (including phenoxy) is 1. The van der Waals surface area contributed by atoms with Gasteiger partial charge in [-0.25, -0.2) is 9.37 Å². The minimum Gasteiger partial charge on any atom is -0.382 e. The Kier molecular flexibility index (Phi) is 5.19. The molecule has 7 heteroatoms. The summed E-state index contributed by atoms with van der Waals surface area (Å²) in [6, 6.07) is 12.8. The van der Waals surface area contributed by atoms with Crippen molar-refractivity contribution in [3.05, 3.63) is 53.8 Å². The van der Waals surface area contributed by atoms with Crippen molar-refractivity contribution in [1.82, 2.24) is 9.88 Å². The van der Waals surface area contributed by atoms with Gasteiger partial charge in [0.1, 0.15) is 11.6 Å². The summed E-state index contributed by atoms with van der Waals surface area (Å²) in [6.45, 7) is 3.54. The molecule has 160 valence electrons. The third-order valence-electron chi connectivity index (χ3n) is 6.30. The molecule has 2 aliphatic rings. The number of hydrogen-bond acceptors (Lipinski definition) is 5. The van der Waals surface area contributed by atoms with E-state index in [2.05, 4.69) is 9.88 Å². The lowest BCUT2D eigenvalue weighted by Crippen LogP contribution is -2.36. The number of nitrogens with two attached hydrogens (primary N) is 1. The van der Waals surface area contributed by atoms with Gasteiger partial charge in [-0.05, 0) is 48.2 Å². The summed E-state index contributed by atoms with van der Waals surface area (Å²) in [5, 5.41) is 0.904. The Morgan fingerprint density at radius 3 is 2.77 bits per heavy atom. The van der Waals surface area contributed by atoms with Gasteiger partial charge in [0.15, 0.2) is 0 Å². The topological polar surface area (TPSA) is 71.7 Å². The molecule has 0 spiro atoms. The highest BCUT2D eigenvalue weighted by atomic mass is 19.1.